The quantitative estimate of drug-likeness (QED) is 0.704. The molecule has 0 aromatic carbocycles. The molecule has 3 rings (SSSR count). The minimum absolute atomic E-state index is 0.0953. The van der Waals surface area contributed by atoms with Gasteiger partial charge in [0.05, 0.1) is 11.7 Å². The Bertz CT molecular complexity index is 783. The first-order chi connectivity index (χ1) is 12.9. The van der Waals surface area contributed by atoms with E-state index in [4.69, 9.17) is 4.74 Å². The van der Waals surface area contributed by atoms with Crippen LogP contribution in [0.5, 0.6) is 0 Å². The molecule has 0 aliphatic heterocycles. The number of amides is 1. The van der Waals surface area contributed by atoms with Gasteiger partial charge in [0, 0.05) is 30.7 Å². The zero-order valence-electron chi connectivity index (χ0n) is 16.1. The van der Waals surface area contributed by atoms with Crippen molar-refractivity contribution in [2.24, 2.45) is 5.92 Å². The SMILES string of the molecule is Cc1ccnc2c(C(=O)N(C(F)F)C3CCC(OCC(C)C)CC3)ccn12. The van der Waals surface area contributed by atoms with Gasteiger partial charge in [0.1, 0.15) is 5.65 Å². The summed E-state index contributed by atoms with van der Waals surface area (Å²) in [5, 5.41) is 0. The number of aryl methyl sites for hydroxylation is 1. The summed E-state index contributed by atoms with van der Waals surface area (Å²) in [5.41, 5.74) is 1.53. The number of hydrogen-bond acceptors (Lipinski definition) is 3. The van der Waals surface area contributed by atoms with Crippen LogP contribution in [0.1, 0.15) is 55.6 Å². The van der Waals surface area contributed by atoms with E-state index < -0.39 is 18.5 Å². The summed E-state index contributed by atoms with van der Waals surface area (Å²) in [6, 6.07) is 2.91. The number of carbonyl (C=O) groups excluding carboxylic acids is 1. The van der Waals surface area contributed by atoms with E-state index in [1.807, 2.05) is 13.0 Å². The lowest BCUT2D eigenvalue weighted by Crippen LogP contribution is -2.46. The summed E-state index contributed by atoms with van der Waals surface area (Å²) in [7, 11) is 0. The summed E-state index contributed by atoms with van der Waals surface area (Å²) in [5.74, 6) is -0.210. The number of fused-ring (bicyclic) bond motifs is 1. The van der Waals surface area contributed by atoms with Crippen molar-refractivity contribution in [3.8, 4) is 0 Å². The van der Waals surface area contributed by atoms with E-state index in [2.05, 4.69) is 18.8 Å². The Balaban J connectivity index is 1.74. The Morgan fingerprint density at radius 1 is 1.30 bits per heavy atom. The lowest BCUT2D eigenvalue weighted by atomic mass is 9.91. The average molecular weight is 379 g/mol. The third-order valence-electron chi connectivity index (χ3n) is 5.13. The zero-order chi connectivity index (χ0) is 19.6. The highest BCUT2D eigenvalue weighted by Crippen LogP contribution is 2.29. The van der Waals surface area contributed by atoms with Crippen molar-refractivity contribution in [1.29, 1.82) is 0 Å². The second kappa shape index (κ2) is 8.33. The number of halogens is 2. The number of rotatable bonds is 6. The molecule has 1 aliphatic carbocycles. The van der Waals surface area contributed by atoms with E-state index in [1.165, 1.54) is 0 Å². The smallest absolute Gasteiger partial charge is 0.317 e. The van der Waals surface area contributed by atoms with Crippen LogP contribution in [0.25, 0.3) is 5.65 Å². The number of carbonyl (C=O) groups is 1. The van der Waals surface area contributed by atoms with Crippen molar-refractivity contribution in [2.75, 3.05) is 6.61 Å². The molecule has 1 saturated carbocycles. The fourth-order valence-electron chi connectivity index (χ4n) is 3.67. The van der Waals surface area contributed by atoms with Crippen LogP contribution in [0.3, 0.4) is 0 Å². The van der Waals surface area contributed by atoms with E-state index in [1.54, 1.807) is 22.9 Å². The summed E-state index contributed by atoms with van der Waals surface area (Å²) in [6.45, 7) is 3.89. The molecule has 2 aromatic heterocycles. The Morgan fingerprint density at radius 2 is 2.00 bits per heavy atom. The van der Waals surface area contributed by atoms with Gasteiger partial charge in [-0.3, -0.25) is 9.69 Å². The Hall–Kier alpha value is -2.02. The second-order valence-electron chi connectivity index (χ2n) is 7.66. The molecule has 1 fully saturated rings. The van der Waals surface area contributed by atoms with Crippen LogP contribution in [0.4, 0.5) is 8.78 Å². The van der Waals surface area contributed by atoms with E-state index in [9.17, 15) is 13.6 Å². The molecule has 0 spiro atoms. The average Bonchev–Trinajstić information content (AvgIpc) is 3.06. The first-order valence-electron chi connectivity index (χ1n) is 9.53. The largest absolute Gasteiger partial charge is 0.378 e. The molecular formula is C20H27F2N3O2. The van der Waals surface area contributed by atoms with Crippen LogP contribution >= 0.6 is 0 Å². The highest BCUT2D eigenvalue weighted by atomic mass is 19.3. The van der Waals surface area contributed by atoms with Gasteiger partial charge in [0.15, 0.2) is 0 Å². The molecule has 148 valence electrons. The molecule has 0 atom stereocenters. The highest BCUT2D eigenvalue weighted by Gasteiger charge is 2.35. The van der Waals surface area contributed by atoms with E-state index in [-0.39, 0.29) is 11.7 Å². The van der Waals surface area contributed by atoms with E-state index in [0.29, 0.717) is 43.9 Å². The maximum Gasteiger partial charge on any atom is 0.317 e. The van der Waals surface area contributed by atoms with Gasteiger partial charge in [-0.15, -0.1) is 0 Å². The molecule has 0 N–H and O–H groups in total. The van der Waals surface area contributed by atoms with Crippen molar-refractivity contribution >= 4 is 11.6 Å². The van der Waals surface area contributed by atoms with Gasteiger partial charge in [-0.2, -0.15) is 8.78 Å². The summed E-state index contributed by atoms with van der Waals surface area (Å²) in [6.07, 6.45) is 5.83. The van der Waals surface area contributed by atoms with Crippen molar-refractivity contribution in [3.05, 3.63) is 35.8 Å². The van der Waals surface area contributed by atoms with E-state index >= 15 is 0 Å². The van der Waals surface area contributed by atoms with Crippen molar-refractivity contribution < 1.29 is 18.3 Å². The van der Waals surface area contributed by atoms with E-state index in [0.717, 1.165) is 10.6 Å². The summed E-state index contributed by atoms with van der Waals surface area (Å²) < 4.78 is 35.2. The number of ether oxygens (including phenoxy) is 1. The number of aromatic nitrogens is 2. The molecule has 0 radical (unpaired) electrons. The molecule has 5 nitrogen and oxygen atoms in total. The highest BCUT2D eigenvalue weighted by molar-refractivity contribution is 6.00. The van der Waals surface area contributed by atoms with Gasteiger partial charge in [0.2, 0.25) is 0 Å². The lowest BCUT2D eigenvalue weighted by Gasteiger charge is -2.36. The van der Waals surface area contributed by atoms with Crippen molar-refractivity contribution in [3.63, 3.8) is 0 Å². The van der Waals surface area contributed by atoms with Crippen LogP contribution < -0.4 is 0 Å². The fourth-order valence-corrected chi connectivity index (χ4v) is 3.67. The molecule has 1 amide bonds. The van der Waals surface area contributed by atoms with Crippen molar-refractivity contribution in [2.45, 2.75) is 65.1 Å². The van der Waals surface area contributed by atoms with Gasteiger partial charge in [-0.1, -0.05) is 13.8 Å². The molecule has 1 aliphatic rings. The van der Waals surface area contributed by atoms with Gasteiger partial charge in [0.25, 0.3) is 5.91 Å². The van der Waals surface area contributed by atoms with Crippen molar-refractivity contribution in [1.82, 2.24) is 14.3 Å². The van der Waals surface area contributed by atoms with Crippen LogP contribution in [0, 0.1) is 12.8 Å². The standard InChI is InChI=1S/C20H27F2N3O2/c1-13(2)12-27-16-6-4-15(5-7-16)25(20(21)22)19(26)17-9-11-24-14(3)8-10-23-18(17)24/h8-11,13,15-16,20H,4-7,12H2,1-3H3. The number of alkyl halides is 2. The maximum atomic E-state index is 13.8. The topological polar surface area (TPSA) is 46.8 Å². The minimum atomic E-state index is -2.84. The first kappa shape index (κ1) is 19.7. The molecule has 0 saturated heterocycles. The number of nitrogens with zero attached hydrogens (tertiary/aromatic N) is 3. The minimum Gasteiger partial charge on any atom is -0.378 e. The van der Waals surface area contributed by atoms with Crippen LogP contribution in [0.2, 0.25) is 0 Å². The Labute approximate surface area is 158 Å². The molecule has 0 unspecified atom stereocenters. The lowest BCUT2D eigenvalue weighted by molar-refractivity contribution is -0.0585. The third kappa shape index (κ3) is 4.29. The molecular weight excluding hydrogens is 352 g/mol. The second-order valence-corrected chi connectivity index (χ2v) is 7.66. The van der Waals surface area contributed by atoms with Gasteiger partial charge < -0.3 is 9.14 Å². The Kier molecular flexibility index (Phi) is 6.09. The fraction of sp³-hybridized carbons (Fsp3) is 0.600. The van der Waals surface area contributed by atoms with Crippen LogP contribution in [-0.4, -0.2) is 45.5 Å². The van der Waals surface area contributed by atoms with Gasteiger partial charge >= 0.3 is 6.55 Å². The molecule has 2 aromatic rings. The molecule has 27 heavy (non-hydrogen) atoms. The first-order valence-corrected chi connectivity index (χ1v) is 9.53. The van der Waals surface area contributed by atoms with Crippen LogP contribution in [-0.2, 0) is 4.74 Å². The molecule has 7 heteroatoms. The van der Waals surface area contributed by atoms with Gasteiger partial charge in [-0.05, 0) is 50.7 Å². The van der Waals surface area contributed by atoms with Crippen LogP contribution in [0.15, 0.2) is 24.5 Å². The monoisotopic (exact) mass is 379 g/mol. The number of hydrogen-bond donors (Lipinski definition) is 0. The summed E-state index contributed by atoms with van der Waals surface area (Å²) >= 11 is 0. The zero-order valence-corrected chi connectivity index (χ0v) is 16.1. The van der Waals surface area contributed by atoms with Gasteiger partial charge in [-0.25, -0.2) is 4.98 Å². The third-order valence-corrected chi connectivity index (χ3v) is 5.13. The Morgan fingerprint density at radius 3 is 2.63 bits per heavy atom. The summed E-state index contributed by atoms with van der Waals surface area (Å²) in [4.78, 5) is 17.9. The molecule has 2 heterocycles. The predicted octanol–water partition coefficient (Wildman–Crippen LogP) is 4.29. The maximum absolute atomic E-state index is 13.8. The predicted molar refractivity (Wildman–Crippen MR) is 98.9 cm³/mol. The molecule has 0 bridgehead atoms. The normalized spacial score (nSPS) is 20.6.